The van der Waals surface area contributed by atoms with E-state index in [1.807, 2.05) is 0 Å². The molecule has 25 heavy (non-hydrogen) atoms. The van der Waals surface area contributed by atoms with Crippen molar-refractivity contribution < 1.29 is 27.9 Å². The zero-order valence-electron chi connectivity index (χ0n) is 13.9. The maximum atomic E-state index is 12.9. The Morgan fingerprint density at radius 1 is 1.32 bits per heavy atom. The summed E-state index contributed by atoms with van der Waals surface area (Å²) in [6.45, 7) is 3.70. The number of halogens is 1. The first-order chi connectivity index (χ1) is 11.6. The van der Waals surface area contributed by atoms with Crippen molar-refractivity contribution in [1.82, 2.24) is 4.31 Å². The van der Waals surface area contributed by atoms with Crippen LogP contribution in [0, 0.1) is 11.8 Å². The zero-order valence-corrected chi connectivity index (χ0v) is 15.5. The van der Waals surface area contributed by atoms with E-state index in [2.05, 4.69) is 0 Å². The molecule has 2 unspecified atom stereocenters. The highest BCUT2D eigenvalue weighted by Crippen LogP contribution is 2.29. The van der Waals surface area contributed by atoms with Crippen LogP contribution >= 0.6 is 11.6 Å². The van der Waals surface area contributed by atoms with Gasteiger partial charge in [-0.2, -0.15) is 4.31 Å². The first-order valence-electron chi connectivity index (χ1n) is 7.85. The van der Waals surface area contributed by atoms with Crippen molar-refractivity contribution in [3.05, 3.63) is 28.8 Å². The predicted molar refractivity (Wildman–Crippen MR) is 91.1 cm³/mol. The van der Waals surface area contributed by atoms with Crippen molar-refractivity contribution in [2.45, 2.75) is 25.2 Å². The average molecular weight is 390 g/mol. The van der Waals surface area contributed by atoms with E-state index in [0.717, 1.165) is 4.31 Å². The molecule has 1 saturated heterocycles. The smallest absolute Gasteiger partial charge is 0.338 e. The summed E-state index contributed by atoms with van der Waals surface area (Å²) in [5.74, 6) is -2.54. The van der Waals surface area contributed by atoms with Crippen LogP contribution in [-0.2, 0) is 19.6 Å². The third kappa shape index (κ3) is 4.50. The van der Waals surface area contributed by atoms with Crippen LogP contribution in [0.25, 0.3) is 0 Å². The molecule has 0 amide bonds. The molecule has 138 valence electrons. The van der Waals surface area contributed by atoms with E-state index >= 15 is 0 Å². The highest BCUT2D eigenvalue weighted by molar-refractivity contribution is 7.89. The van der Waals surface area contributed by atoms with Crippen molar-refractivity contribution in [1.29, 1.82) is 0 Å². The average Bonchev–Trinajstić information content (AvgIpc) is 2.53. The van der Waals surface area contributed by atoms with E-state index in [1.54, 1.807) is 13.8 Å². The summed E-state index contributed by atoms with van der Waals surface area (Å²) in [5.41, 5.74) is 0.0350. The molecule has 0 bridgehead atoms. The third-order valence-corrected chi connectivity index (χ3v) is 6.02. The fourth-order valence-corrected chi connectivity index (χ4v) is 4.85. The molecule has 0 aliphatic carbocycles. The van der Waals surface area contributed by atoms with Crippen molar-refractivity contribution in [2.24, 2.45) is 11.8 Å². The molecule has 1 aromatic carbocycles. The number of carboxylic acids is 1. The summed E-state index contributed by atoms with van der Waals surface area (Å²) in [5, 5.41) is 9.31. The van der Waals surface area contributed by atoms with Crippen molar-refractivity contribution in [3.63, 3.8) is 0 Å². The standard InChI is InChI=1S/C16H20ClNO6S/c1-3-24-16(21)11-5-13(17)7-14(6-11)25(22,23)18-8-10(2)4-12(9-18)15(19)20/h5-7,10,12H,3-4,8-9H2,1-2H3,(H,19,20). The number of esters is 1. The minimum absolute atomic E-state index is 0.0350. The van der Waals surface area contributed by atoms with Gasteiger partial charge in [-0.25, -0.2) is 13.2 Å². The Kier molecular flexibility index (Phi) is 6.08. The Morgan fingerprint density at radius 3 is 2.60 bits per heavy atom. The third-order valence-electron chi connectivity index (χ3n) is 4.00. The summed E-state index contributed by atoms with van der Waals surface area (Å²) in [6, 6.07) is 3.78. The van der Waals surface area contributed by atoms with Gasteiger partial charge in [0, 0.05) is 18.1 Å². The summed E-state index contributed by atoms with van der Waals surface area (Å²) in [4.78, 5) is 23.0. The second kappa shape index (κ2) is 7.72. The lowest BCUT2D eigenvalue weighted by Crippen LogP contribution is -2.45. The van der Waals surface area contributed by atoms with E-state index < -0.39 is 27.9 Å². The van der Waals surface area contributed by atoms with Gasteiger partial charge in [-0.3, -0.25) is 4.79 Å². The number of carboxylic acid groups (broad SMARTS) is 1. The predicted octanol–water partition coefficient (Wildman–Crippen LogP) is 2.25. The number of benzene rings is 1. The minimum Gasteiger partial charge on any atom is -0.481 e. The lowest BCUT2D eigenvalue weighted by molar-refractivity contribution is -0.143. The van der Waals surface area contributed by atoms with Gasteiger partial charge in [0.15, 0.2) is 0 Å². The largest absolute Gasteiger partial charge is 0.481 e. The maximum Gasteiger partial charge on any atom is 0.338 e. The number of carbonyl (C=O) groups excluding carboxylic acids is 1. The van der Waals surface area contributed by atoms with Crippen LogP contribution in [0.4, 0.5) is 0 Å². The van der Waals surface area contributed by atoms with Gasteiger partial charge in [-0.05, 0) is 37.5 Å². The molecule has 2 atom stereocenters. The molecule has 2 rings (SSSR count). The van der Waals surface area contributed by atoms with Crippen LogP contribution in [0.15, 0.2) is 23.1 Å². The summed E-state index contributed by atoms with van der Waals surface area (Å²) in [6.07, 6.45) is 0.422. The summed E-state index contributed by atoms with van der Waals surface area (Å²) in [7, 11) is -3.98. The molecule has 0 spiro atoms. The van der Waals surface area contributed by atoms with Gasteiger partial charge >= 0.3 is 11.9 Å². The lowest BCUT2D eigenvalue weighted by atomic mass is 9.92. The monoisotopic (exact) mass is 389 g/mol. The van der Waals surface area contributed by atoms with E-state index in [9.17, 15) is 23.1 Å². The van der Waals surface area contributed by atoms with E-state index in [1.165, 1.54) is 18.2 Å². The van der Waals surface area contributed by atoms with Crippen LogP contribution < -0.4 is 0 Å². The second-order valence-electron chi connectivity index (χ2n) is 6.09. The van der Waals surface area contributed by atoms with Gasteiger partial charge in [-0.15, -0.1) is 0 Å². The van der Waals surface area contributed by atoms with E-state index in [-0.39, 0.29) is 41.1 Å². The molecule has 0 radical (unpaired) electrons. The van der Waals surface area contributed by atoms with Gasteiger partial charge < -0.3 is 9.84 Å². The van der Waals surface area contributed by atoms with Gasteiger partial charge in [0.2, 0.25) is 10.0 Å². The Morgan fingerprint density at radius 2 is 2.00 bits per heavy atom. The Labute approximate surface area is 151 Å². The first-order valence-corrected chi connectivity index (χ1v) is 9.67. The van der Waals surface area contributed by atoms with Gasteiger partial charge in [0.25, 0.3) is 0 Å². The molecular weight excluding hydrogens is 370 g/mol. The summed E-state index contributed by atoms with van der Waals surface area (Å²) < 4.78 is 31.8. The van der Waals surface area contributed by atoms with Crippen LogP contribution in [-0.4, -0.2) is 49.5 Å². The number of ether oxygens (including phenoxy) is 1. The topological polar surface area (TPSA) is 101 Å². The molecule has 1 aliphatic rings. The molecule has 7 nitrogen and oxygen atoms in total. The Balaban J connectivity index is 2.38. The number of hydrogen-bond donors (Lipinski definition) is 1. The molecule has 1 heterocycles. The molecular formula is C16H20ClNO6S. The maximum absolute atomic E-state index is 12.9. The quantitative estimate of drug-likeness (QED) is 0.775. The number of rotatable bonds is 5. The Bertz CT molecular complexity index is 779. The molecule has 1 aromatic rings. The number of piperidine rings is 1. The molecule has 0 saturated carbocycles. The normalized spacial score (nSPS) is 21.7. The fourth-order valence-electron chi connectivity index (χ4n) is 2.87. The molecule has 1 N–H and O–H groups in total. The number of sulfonamides is 1. The van der Waals surface area contributed by atoms with Crippen LogP contribution in [0.2, 0.25) is 5.02 Å². The first kappa shape index (κ1) is 19.7. The molecule has 0 aromatic heterocycles. The zero-order chi connectivity index (χ0) is 18.8. The number of aliphatic carboxylic acids is 1. The number of nitrogens with zero attached hydrogens (tertiary/aromatic N) is 1. The molecule has 1 fully saturated rings. The SMILES string of the molecule is CCOC(=O)c1cc(Cl)cc(S(=O)(=O)N2CC(C)CC(C(=O)O)C2)c1. The van der Waals surface area contributed by atoms with Crippen molar-refractivity contribution in [3.8, 4) is 0 Å². The van der Waals surface area contributed by atoms with Crippen LogP contribution in [0.5, 0.6) is 0 Å². The number of carbonyl (C=O) groups is 2. The van der Waals surface area contributed by atoms with Gasteiger partial charge in [0.05, 0.1) is 23.0 Å². The van der Waals surface area contributed by atoms with Crippen molar-refractivity contribution >= 4 is 33.6 Å². The van der Waals surface area contributed by atoms with Gasteiger partial charge in [0.1, 0.15) is 0 Å². The second-order valence-corrected chi connectivity index (χ2v) is 8.47. The Hall–Kier alpha value is -1.64. The highest BCUT2D eigenvalue weighted by Gasteiger charge is 2.36. The highest BCUT2D eigenvalue weighted by atomic mass is 35.5. The van der Waals surface area contributed by atoms with Gasteiger partial charge in [-0.1, -0.05) is 18.5 Å². The van der Waals surface area contributed by atoms with Crippen molar-refractivity contribution in [2.75, 3.05) is 19.7 Å². The fraction of sp³-hybridized carbons (Fsp3) is 0.500. The van der Waals surface area contributed by atoms with Crippen LogP contribution in [0.3, 0.4) is 0 Å². The molecule has 9 heteroatoms. The van der Waals surface area contributed by atoms with Crippen LogP contribution in [0.1, 0.15) is 30.6 Å². The van der Waals surface area contributed by atoms with E-state index in [4.69, 9.17) is 16.3 Å². The van der Waals surface area contributed by atoms with E-state index in [0.29, 0.717) is 6.42 Å². The number of hydrogen-bond acceptors (Lipinski definition) is 5. The summed E-state index contributed by atoms with van der Waals surface area (Å²) >= 11 is 5.96. The molecule has 1 aliphatic heterocycles. The lowest BCUT2D eigenvalue weighted by Gasteiger charge is -2.33. The minimum atomic E-state index is -3.98.